The maximum atomic E-state index is 12.0. The lowest BCUT2D eigenvalue weighted by Crippen LogP contribution is -2.43. The summed E-state index contributed by atoms with van der Waals surface area (Å²) in [5.74, 6) is 0. The van der Waals surface area contributed by atoms with Crippen molar-refractivity contribution in [3.8, 4) is 0 Å². The van der Waals surface area contributed by atoms with E-state index in [9.17, 15) is 8.42 Å². The first-order valence-electron chi connectivity index (χ1n) is 9.35. The molecule has 28 heavy (non-hydrogen) atoms. The summed E-state index contributed by atoms with van der Waals surface area (Å²) in [6, 6.07) is 28.4. The SMILES string of the molecule is CS(=O)(=O)c1ccccc1C=C1CN(C(c2ccccc2)c2ccccc2)C1. The molecule has 0 aliphatic carbocycles. The molecule has 142 valence electrons. The van der Waals surface area contributed by atoms with Gasteiger partial charge in [-0.05, 0) is 28.3 Å². The fourth-order valence-electron chi connectivity index (χ4n) is 3.79. The highest BCUT2D eigenvalue weighted by molar-refractivity contribution is 7.90. The zero-order valence-electron chi connectivity index (χ0n) is 15.8. The fraction of sp³-hybridized carbons (Fsp3) is 0.167. The standard InChI is InChI=1S/C24H23NO2S/c1-28(26,27)23-15-9-8-14-22(23)16-19-17-25(18-19)24(20-10-4-2-5-11-20)21-12-6-3-7-13-21/h2-16,24H,17-18H2,1H3. The zero-order valence-corrected chi connectivity index (χ0v) is 16.6. The van der Waals surface area contributed by atoms with Gasteiger partial charge in [-0.2, -0.15) is 0 Å². The second kappa shape index (κ2) is 7.74. The largest absolute Gasteiger partial charge is 0.284 e. The van der Waals surface area contributed by atoms with Gasteiger partial charge in [0.25, 0.3) is 0 Å². The summed E-state index contributed by atoms with van der Waals surface area (Å²) in [6.07, 6.45) is 3.29. The predicted molar refractivity (Wildman–Crippen MR) is 114 cm³/mol. The van der Waals surface area contributed by atoms with Gasteiger partial charge in [0.1, 0.15) is 0 Å². The number of nitrogens with zero attached hydrogens (tertiary/aromatic N) is 1. The molecule has 1 heterocycles. The van der Waals surface area contributed by atoms with Gasteiger partial charge >= 0.3 is 0 Å². The van der Waals surface area contributed by atoms with Crippen molar-refractivity contribution in [3.05, 3.63) is 107 Å². The minimum absolute atomic E-state index is 0.199. The Hall–Kier alpha value is -2.69. The van der Waals surface area contributed by atoms with Crippen LogP contribution in [0.5, 0.6) is 0 Å². The second-order valence-corrected chi connectivity index (χ2v) is 9.23. The predicted octanol–water partition coefficient (Wildman–Crippen LogP) is 4.58. The van der Waals surface area contributed by atoms with E-state index in [1.54, 1.807) is 12.1 Å². The Kier molecular flexibility index (Phi) is 5.16. The normalized spacial score (nSPS) is 14.7. The van der Waals surface area contributed by atoms with Crippen molar-refractivity contribution in [3.63, 3.8) is 0 Å². The highest BCUT2D eigenvalue weighted by atomic mass is 32.2. The van der Waals surface area contributed by atoms with Crippen LogP contribution < -0.4 is 0 Å². The molecule has 1 saturated heterocycles. The van der Waals surface area contributed by atoms with Crippen LogP contribution in [0.15, 0.2) is 95.4 Å². The van der Waals surface area contributed by atoms with Crippen LogP contribution in [0, 0.1) is 0 Å². The van der Waals surface area contributed by atoms with Crippen LogP contribution in [0.4, 0.5) is 0 Å². The molecule has 1 aliphatic rings. The van der Waals surface area contributed by atoms with Crippen molar-refractivity contribution in [2.45, 2.75) is 10.9 Å². The highest BCUT2D eigenvalue weighted by Gasteiger charge is 2.30. The molecule has 4 heteroatoms. The van der Waals surface area contributed by atoms with Gasteiger partial charge in [-0.25, -0.2) is 8.42 Å². The first kappa shape index (κ1) is 18.7. The first-order chi connectivity index (χ1) is 13.5. The molecule has 0 atom stereocenters. The van der Waals surface area contributed by atoms with E-state index in [0.717, 1.165) is 18.7 Å². The lowest BCUT2D eigenvalue weighted by Gasteiger charge is -2.41. The molecule has 0 spiro atoms. The van der Waals surface area contributed by atoms with Crippen LogP contribution in [0.3, 0.4) is 0 Å². The van der Waals surface area contributed by atoms with Crippen LogP contribution in [0.1, 0.15) is 22.7 Å². The maximum Gasteiger partial charge on any atom is 0.176 e. The van der Waals surface area contributed by atoms with Gasteiger partial charge in [-0.3, -0.25) is 4.90 Å². The molecule has 0 amide bonds. The van der Waals surface area contributed by atoms with E-state index in [-0.39, 0.29) is 6.04 Å². The smallest absolute Gasteiger partial charge is 0.176 e. The van der Waals surface area contributed by atoms with Crippen LogP contribution in [0.25, 0.3) is 6.08 Å². The molecule has 0 unspecified atom stereocenters. The molecule has 3 nitrogen and oxygen atoms in total. The van der Waals surface area contributed by atoms with Crippen molar-refractivity contribution in [2.75, 3.05) is 19.3 Å². The Labute approximate surface area is 166 Å². The summed E-state index contributed by atoms with van der Waals surface area (Å²) in [4.78, 5) is 2.81. The van der Waals surface area contributed by atoms with Crippen molar-refractivity contribution >= 4 is 15.9 Å². The van der Waals surface area contributed by atoms with Crippen molar-refractivity contribution in [2.24, 2.45) is 0 Å². The average molecular weight is 390 g/mol. The molecule has 3 aromatic rings. The molecule has 1 fully saturated rings. The Balaban J connectivity index is 1.60. The van der Waals surface area contributed by atoms with Gasteiger partial charge in [-0.1, -0.05) is 84.9 Å². The number of hydrogen-bond donors (Lipinski definition) is 0. The van der Waals surface area contributed by atoms with Gasteiger partial charge in [0.05, 0.1) is 10.9 Å². The molecule has 0 N–H and O–H groups in total. The molecule has 0 aromatic heterocycles. The average Bonchev–Trinajstić information content (AvgIpc) is 2.67. The Morgan fingerprint density at radius 3 is 1.82 bits per heavy atom. The number of likely N-dealkylation sites (tertiary alicyclic amines) is 1. The summed E-state index contributed by atoms with van der Waals surface area (Å²) < 4.78 is 24.1. The van der Waals surface area contributed by atoms with Crippen molar-refractivity contribution in [1.82, 2.24) is 4.90 Å². The Morgan fingerprint density at radius 1 is 0.786 bits per heavy atom. The van der Waals surface area contributed by atoms with Gasteiger partial charge in [0.2, 0.25) is 0 Å². The first-order valence-corrected chi connectivity index (χ1v) is 11.2. The maximum absolute atomic E-state index is 12.0. The van der Waals surface area contributed by atoms with Crippen LogP contribution >= 0.6 is 0 Å². The molecule has 3 aromatic carbocycles. The molecule has 0 radical (unpaired) electrons. The number of rotatable bonds is 5. The third kappa shape index (κ3) is 3.93. The van der Waals surface area contributed by atoms with Crippen molar-refractivity contribution in [1.29, 1.82) is 0 Å². The van der Waals surface area contributed by atoms with Crippen LogP contribution in [-0.2, 0) is 9.84 Å². The van der Waals surface area contributed by atoms with E-state index < -0.39 is 9.84 Å². The number of sulfone groups is 1. The number of hydrogen-bond acceptors (Lipinski definition) is 3. The molecule has 1 aliphatic heterocycles. The van der Waals surface area contributed by atoms with Gasteiger partial charge in [0.15, 0.2) is 9.84 Å². The molecule has 4 rings (SSSR count). The second-order valence-electron chi connectivity index (χ2n) is 7.24. The highest BCUT2D eigenvalue weighted by Crippen LogP contribution is 2.35. The molecule has 0 bridgehead atoms. The summed E-state index contributed by atoms with van der Waals surface area (Å²) in [5.41, 5.74) is 4.55. The van der Waals surface area contributed by atoms with Gasteiger partial charge in [0, 0.05) is 19.3 Å². The minimum atomic E-state index is -3.24. The zero-order chi connectivity index (χ0) is 19.6. The molecule has 0 saturated carbocycles. The lowest BCUT2D eigenvalue weighted by atomic mass is 9.92. The third-order valence-corrected chi connectivity index (χ3v) is 6.26. The quantitative estimate of drug-likeness (QED) is 0.641. The number of benzene rings is 3. The lowest BCUT2D eigenvalue weighted by molar-refractivity contribution is 0.203. The summed E-state index contributed by atoms with van der Waals surface area (Å²) in [6.45, 7) is 1.65. The summed E-state index contributed by atoms with van der Waals surface area (Å²) >= 11 is 0. The van der Waals surface area contributed by atoms with E-state index in [4.69, 9.17) is 0 Å². The van der Waals surface area contributed by atoms with Crippen molar-refractivity contribution < 1.29 is 8.42 Å². The fourth-order valence-corrected chi connectivity index (χ4v) is 4.67. The topological polar surface area (TPSA) is 37.4 Å². The third-order valence-electron chi connectivity index (χ3n) is 5.09. The van der Waals surface area contributed by atoms with Crippen LogP contribution in [0.2, 0.25) is 0 Å². The van der Waals surface area contributed by atoms with E-state index in [1.807, 2.05) is 30.3 Å². The monoisotopic (exact) mass is 389 g/mol. The van der Waals surface area contributed by atoms with Crippen LogP contribution in [-0.4, -0.2) is 32.7 Å². The molecular formula is C24H23NO2S. The Bertz CT molecular complexity index is 1040. The van der Waals surface area contributed by atoms with E-state index in [1.165, 1.54) is 23.0 Å². The summed E-state index contributed by atoms with van der Waals surface area (Å²) in [7, 11) is -3.24. The van der Waals surface area contributed by atoms with E-state index in [0.29, 0.717) is 4.90 Å². The minimum Gasteiger partial charge on any atom is -0.284 e. The van der Waals surface area contributed by atoms with Gasteiger partial charge < -0.3 is 0 Å². The molecular weight excluding hydrogens is 366 g/mol. The Morgan fingerprint density at radius 2 is 1.29 bits per heavy atom. The van der Waals surface area contributed by atoms with Gasteiger partial charge in [-0.15, -0.1) is 0 Å². The van der Waals surface area contributed by atoms with E-state index >= 15 is 0 Å². The van der Waals surface area contributed by atoms with E-state index in [2.05, 4.69) is 53.4 Å². The summed E-state index contributed by atoms with van der Waals surface area (Å²) in [5, 5.41) is 0.